The van der Waals surface area contributed by atoms with Gasteiger partial charge in [0, 0.05) is 6.04 Å². The first-order chi connectivity index (χ1) is 7.81. The van der Waals surface area contributed by atoms with Crippen LogP contribution in [0.25, 0.3) is 0 Å². The average Bonchev–Trinajstić information content (AvgIpc) is 2.36. The summed E-state index contributed by atoms with van der Waals surface area (Å²) in [5, 5.41) is 0. The lowest BCUT2D eigenvalue weighted by Crippen LogP contribution is -2.47. The van der Waals surface area contributed by atoms with E-state index in [-0.39, 0.29) is 0 Å². The molecule has 1 aliphatic carbocycles. The van der Waals surface area contributed by atoms with Crippen LogP contribution in [0.2, 0.25) is 6.04 Å². The fourth-order valence-corrected chi connectivity index (χ4v) is 4.23. The van der Waals surface area contributed by atoms with Crippen molar-refractivity contribution >= 4 is 9.12 Å². The molecule has 0 aliphatic heterocycles. The zero-order chi connectivity index (χ0) is 11.8. The van der Waals surface area contributed by atoms with Gasteiger partial charge < -0.3 is 14.9 Å². The van der Waals surface area contributed by atoms with Gasteiger partial charge in [0.05, 0.1) is 0 Å². The molecule has 0 heterocycles. The van der Waals surface area contributed by atoms with E-state index in [1.165, 1.54) is 51.2 Å². The van der Waals surface area contributed by atoms with Gasteiger partial charge in [0.25, 0.3) is 0 Å². The van der Waals surface area contributed by atoms with Gasteiger partial charge in [-0.1, -0.05) is 26.2 Å². The van der Waals surface area contributed by atoms with E-state index in [0.717, 1.165) is 6.04 Å². The molecular formula is C12H29N3Si. The Morgan fingerprint density at radius 2 is 1.75 bits per heavy atom. The Balaban J connectivity index is 2.29. The first-order valence-electron chi connectivity index (χ1n) is 6.90. The second kappa shape index (κ2) is 8.23. The van der Waals surface area contributed by atoms with Crippen LogP contribution in [0, 0.1) is 0 Å². The van der Waals surface area contributed by atoms with Gasteiger partial charge in [0.1, 0.15) is 0 Å². The monoisotopic (exact) mass is 243 g/mol. The molecule has 0 aromatic rings. The van der Waals surface area contributed by atoms with Crippen LogP contribution in [0.5, 0.6) is 0 Å². The van der Waals surface area contributed by atoms with Gasteiger partial charge in [0.2, 0.25) is 0 Å². The zero-order valence-electron chi connectivity index (χ0n) is 11.3. The fourth-order valence-electron chi connectivity index (χ4n) is 2.77. The molecule has 0 unspecified atom stereocenters. The molecule has 0 spiro atoms. The van der Waals surface area contributed by atoms with Crippen molar-refractivity contribution in [3.8, 4) is 0 Å². The molecule has 96 valence electrons. The molecule has 16 heavy (non-hydrogen) atoms. The number of hydrogen-bond donors (Lipinski definition) is 2. The highest BCUT2D eigenvalue weighted by Gasteiger charge is 2.20. The van der Waals surface area contributed by atoms with E-state index in [4.69, 9.17) is 0 Å². The number of nitrogens with zero attached hydrogens (tertiary/aromatic N) is 1. The topological polar surface area (TPSA) is 27.3 Å². The predicted octanol–water partition coefficient (Wildman–Crippen LogP) is 1.30. The van der Waals surface area contributed by atoms with E-state index in [9.17, 15) is 0 Å². The maximum Gasteiger partial charge on any atom is 0.185 e. The third-order valence-corrected chi connectivity index (χ3v) is 6.13. The number of nitrogens with one attached hydrogen (secondary N) is 2. The van der Waals surface area contributed by atoms with E-state index in [2.05, 4.69) is 35.9 Å². The summed E-state index contributed by atoms with van der Waals surface area (Å²) < 4.78 is 0. The van der Waals surface area contributed by atoms with Crippen LogP contribution in [-0.2, 0) is 0 Å². The highest BCUT2D eigenvalue weighted by Crippen LogP contribution is 2.22. The van der Waals surface area contributed by atoms with E-state index in [1.807, 2.05) is 0 Å². The standard InChI is InChI=1S/C12H29N3Si/c1-4-15(10-11-16(13-2)14-3)12-8-6-5-7-9-12/h12-14,16H,4-11H2,1-3H3. The van der Waals surface area contributed by atoms with Crippen LogP contribution in [0.1, 0.15) is 39.0 Å². The van der Waals surface area contributed by atoms with E-state index in [0.29, 0.717) is 0 Å². The third-order valence-electron chi connectivity index (χ3n) is 3.90. The molecular weight excluding hydrogens is 214 g/mol. The summed E-state index contributed by atoms with van der Waals surface area (Å²) in [6.45, 7) is 4.81. The molecule has 1 fully saturated rings. The largest absolute Gasteiger partial charge is 0.331 e. The van der Waals surface area contributed by atoms with Gasteiger partial charge in [-0.2, -0.15) is 0 Å². The molecule has 3 nitrogen and oxygen atoms in total. The van der Waals surface area contributed by atoms with E-state index >= 15 is 0 Å². The Hall–Kier alpha value is 0.0969. The minimum atomic E-state index is -0.858. The lowest BCUT2D eigenvalue weighted by atomic mass is 9.94. The van der Waals surface area contributed by atoms with Crippen molar-refractivity contribution in [2.75, 3.05) is 27.2 Å². The van der Waals surface area contributed by atoms with Gasteiger partial charge in [-0.05, 0) is 46.1 Å². The molecule has 2 N–H and O–H groups in total. The maximum atomic E-state index is 3.44. The molecule has 0 amide bonds. The Bertz CT molecular complexity index is 168. The summed E-state index contributed by atoms with van der Waals surface area (Å²) in [4.78, 5) is 9.57. The molecule has 0 aromatic carbocycles. The number of hydrogen-bond acceptors (Lipinski definition) is 3. The van der Waals surface area contributed by atoms with Crippen LogP contribution >= 0.6 is 0 Å². The van der Waals surface area contributed by atoms with Crippen molar-refractivity contribution in [3.63, 3.8) is 0 Å². The van der Waals surface area contributed by atoms with Gasteiger partial charge in [0.15, 0.2) is 9.12 Å². The Morgan fingerprint density at radius 1 is 1.12 bits per heavy atom. The van der Waals surface area contributed by atoms with Crippen molar-refractivity contribution in [1.29, 1.82) is 0 Å². The summed E-state index contributed by atoms with van der Waals surface area (Å²) in [6, 6.07) is 2.21. The van der Waals surface area contributed by atoms with Crippen LogP contribution in [0.3, 0.4) is 0 Å². The highest BCUT2D eigenvalue weighted by atomic mass is 28.3. The molecule has 0 bridgehead atoms. The van der Waals surface area contributed by atoms with E-state index in [1.54, 1.807) is 0 Å². The third kappa shape index (κ3) is 4.53. The summed E-state index contributed by atoms with van der Waals surface area (Å²) in [7, 11) is 3.32. The minimum absolute atomic E-state index is 0.858. The molecule has 0 aromatic heterocycles. The average molecular weight is 243 g/mol. The van der Waals surface area contributed by atoms with Gasteiger partial charge >= 0.3 is 0 Å². The molecule has 0 saturated heterocycles. The molecule has 0 radical (unpaired) electrons. The van der Waals surface area contributed by atoms with Gasteiger partial charge in [-0.25, -0.2) is 0 Å². The quantitative estimate of drug-likeness (QED) is 0.660. The van der Waals surface area contributed by atoms with Crippen molar-refractivity contribution in [3.05, 3.63) is 0 Å². The van der Waals surface area contributed by atoms with Crippen LogP contribution in [0.4, 0.5) is 0 Å². The molecule has 4 heteroatoms. The van der Waals surface area contributed by atoms with Crippen molar-refractivity contribution in [2.45, 2.75) is 51.1 Å². The highest BCUT2D eigenvalue weighted by molar-refractivity contribution is 6.53. The molecule has 1 aliphatic rings. The van der Waals surface area contributed by atoms with Crippen molar-refractivity contribution in [1.82, 2.24) is 14.9 Å². The van der Waals surface area contributed by atoms with Crippen molar-refractivity contribution < 1.29 is 0 Å². The summed E-state index contributed by atoms with van der Waals surface area (Å²) in [5.41, 5.74) is 0. The minimum Gasteiger partial charge on any atom is -0.331 e. The Morgan fingerprint density at radius 3 is 2.25 bits per heavy atom. The van der Waals surface area contributed by atoms with Crippen molar-refractivity contribution in [2.24, 2.45) is 0 Å². The summed E-state index contributed by atoms with van der Waals surface area (Å²) >= 11 is 0. The lowest BCUT2D eigenvalue weighted by Gasteiger charge is -2.34. The fraction of sp³-hybridized carbons (Fsp3) is 1.00. The first kappa shape index (κ1) is 14.2. The smallest absolute Gasteiger partial charge is 0.185 e. The predicted molar refractivity (Wildman–Crippen MR) is 74.2 cm³/mol. The Kier molecular flexibility index (Phi) is 7.28. The normalized spacial score (nSPS) is 18.6. The zero-order valence-corrected chi connectivity index (χ0v) is 12.4. The molecule has 1 rings (SSSR count). The van der Waals surface area contributed by atoms with Gasteiger partial charge in [-0.15, -0.1) is 0 Å². The SMILES string of the molecule is CCN(CC[SiH](NC)NC)C1CCCCC1. The molecule has 0 atom stereocenters. The van der Waals surface area contributed by atoms with E-state index < -0.39 is 9.12 Å². The second-order valence-electron chi connectivity index (χ2n) is 4.84. The second-order valence-corrected chi connectivity index (χ2v) is 7.68. The van der Waals surface area contributed by atoms with Crippen LogP contribution in [0.15, 0.2) is 0 Å². The van der Waals surface area contributed by atoms with Gasteiger partial charge in [-0.3, -0.25) is 0 Å². The van der Waals surface area contributed by atoms with Crippen LogP contribution in [-0.4, -0.2) is 47.2 Å². The Labute approximate surface area is 103 Å². The maximum absolute atomic E-state index is 3.44. The summed E-state index contributed by atoms with van der Waals surface area (Å²) in [6.07, 6.45) is 7.21. The molecule has 1 saturated carbocycles. The summed E-state index contributed by atoms with van der Waals surface area (Å²) in [5.74, 6) is 0. The first-order valence-corrected chi connectivity index (χ1v) is 8.87. The lowest BCUT2D eigenvalue weighted by molar-refractivity contribution is 0.171. The number of rotatable bonds is 7. The van der Waals surface area contributed by atoms with Crippen LogP contribution < -0.4 is 9.96 Å².